The molecule has 0 aliphatic rings. The number of carbonyl (C=O) groups excluding carboxylic acids is 1. The van der Waals surface area contributed by atoms with Crippen LogP contribution in [-0.4, -0.2) is 49.3 Å². The summed E-state index contributed by atoms with van der Waals surface area (Å²) in [7, 11) is -3.57. The molecule has 0 aromatic heterocycles. The Morgan fingerprint density at radius 3 is 2.04 bits per heavy atom. The van der Waals surface area contributed by atoms with Crippen molar-refractivity contribution in [1.82, 2.24) is 9.62 Å². The van der Waals surface area contributed by atoms with E-state index in [0.29, 0.717) is 13.1 Å². The van der Waals surface area contributed by atoms with Gasteiger partial charge in [-0.05, 0) is 38.1 Å². The van der Waals surface area contributed by atoms with E-state index >= 15 is 0 Å². The molecule has 0 aliphatic carbocycles. The molecule has 1 aromatic carbocycles. The summed E-state index contributed by atoms with van der Waals surface area (Å²) in [5.74, 6) is -1.46. The Balaban J connectivity index is 2.88. The third kappa shape index (κ3) is 4.55. The standard InChI is InChI=1S/C16H24N2O5S/c1-5-18(6-2)24(22,23)13-9-7-12(8-10-13)14(19)17-11-16(3,4)15(20)21/h7-10H,5-6,11H2,1-4H3,(H,17,19)(H,20,21). The average molecular weight is 356 g/mol. The maximum absolute atomic E-state index is 12.4. The van der Waals surface area contributed by atoms with Crippen LogP contribution in [0.2, 0.25) is 0 Å². The van der Waals surface area contributed by atoms with Gasteiger partial charge in [-0.3, -0.25) is 9.59 Å². The van der Waals surface area contributed by atoms with E-state index in [1.807, 2.05) is 0 Å². The second kappa shape index (κ2) is 7.76. The van der Waals surface area contributed by atoms with Gasteiger partial charge >= 0.3 is 5.97 Å². The first-order chi connectivity index (χ1) is 11.1. The maximum Gasteiger partial charge on any atom is 0.310 e. The first-order valence-electron chi connectivity index (χ1n) is 7.68. The Morgan fingerprint density at radius 1 is 1.12 bits per heavy atom. The number of benzene rings is 1. The Labute approximate surface area is 142 Å². The Kier molecular flexibility index (Phi) is 6.50. The summed E-state index contributed by atoms with van der Waals surface area (Å²) in [6, 6.07) is 5.59. The quantitative estimate of drug-likeness (QED) is 0.735. The molecule has 0 radical (unpaired) electrons. The summed E-state index contributed by atoms with van der Waals surface area (Å²) < 4.78 is 26.1. The zero-order valence-electron chi connectivity index (χ0n) is 14.4. The summed E-state index contributed by atoms with van der Waals surface area (Å²) in [5.41, 5.74) is -0.809. The first kappa shape index (κ1) is 20.1. The number of carbonyl (C=O) groups is 2. The van der Waals surface area contributed by atoms with Gasteiger partial charge in [0.1, 0.15) is 0 Å². The number of nitrogens with one attached hydrogen (secondary N) is 1. The number of rotatable bonds is 8. The van der Waals surface area contributed by atoms with Crippen molar-refractivity contribution in [3.63, 3.8) is 0 Å². The van der Waals surface area contributed by atoms with Gasteiger partial charge in [0.05, 0.1) is 10.3 Å². The van der Waals surface area contributed by atoms with Gasteiger partial charge in [0.25, 0.3) is 5.91 Å². The molecule has 0 aliphatic heterocycles. The van der Waals surface area contributed by atoms with Gasteiger partial charge in [-0.1, -0.05) is 13.8 Å². The highest BCUT2D eigenvalue weighted by molar-refractivity contribution is 7.89. The molecule has 1 amide bonds. The minimum Gasteiger partial charge on any atom is -0.481 e. The molecule has 1 rings (SSSR count). The molecule has 134 valence electrons. The SMILES string of the molecule is CCN(CC)S(=O)(=O)c1ccc(C(=O)NCC(C)(C)C(=O)O)cc1. The molecule has 1 aromatic rings. The number of carboxylic acids is 1. The van der Waals surface area contributed by atoms with Crippen LogP contribution in [0.5, 0.6) is 0 Å². The summed E-state index contributed by atoms with van der Waals surface area (Å²) >= 11 is 0. The second-order valence-electron chi connectivity index (χ2n) is 5.99. The summed E-state index contributed by atoms with van der Waals surface area (Å²) in [6.45, 7) is 7.24. The van der Waals surface area contributed by atoms with Crippen molar-refractivity contribution >= 4 is 21.9 Å². The Hall–Kier alpha value is -1.93. The van der Waals surface area contributed by atoms with E-state index in [4.69, 9.17) is 5.11 Å². The third-order valence-electron chi connectivity index (χ3n) is 3.73. The van der Waals surface area contributed by atoms with Crippen LogP contribution in [-0.2, 0) is 14.8 Å². The molecule has 0 fully saturated rings. The molecule has 0 unspecified atom stereocenters. The molecule has 0 spiro atoms. The second-order valence-corrected chi connectivity index (χ2v) is 7.92. The number of nitrogens with zero attached hydrogens (tertiary/aromatic N) is 1. The maximum atomic E-state index is 12.4. The van der Waals surface area contributed by atoms with Crippen molar-refractivity contribution in [2.24, 2.45) is 5.41 Å². The lowest BCUT2D eigenvalue weighted by atomic mass is 9.94. The molecule has 0 bridgehead atoms. The van der Waals surface area contributed by atoms with E-state index in [0.717, 1.165) is 0 Å². The van der Waals surface area contributed by atoms with Crippen LogP contribution in [0.15, 0.2) is 29.2 Å². The van der Waals surface area contributed by atoms with Gasteiger partial charge in [0.2, 0.25) is 10.0 Å². The van der Waals surface area contributed by atoms with Gasteiger partial charge in [-0.15, -0.1) is 0 Å². The smallest absolute Gasteiger partial charge is 0.310 e. The van der Waals surface area contributed by atoms with E-state index in [-0.39, 0.29) is 17.0 Å². The topological polar surface area (TPSA) is 104 Å². The van der Waals surface area contributed by atoms with Gasteiger partial charge < -0.3 is 10.4 Å². The van der Waals surface area contributed by atoms with Crippen LogP contribution in [0, 0.1) is 5.41 Å². The van der Waals surface area contributed by atoms with E-state index < -0.39 is 27.3 Å². The fourth-order valence-electron chi connectivity index (χ4n) is 1.97. The predicted octanol–water partition coefficient (Wildman–Crippen LogP) is 1.56. The fraction of sp³-hybridized carbons (Fsp3) is 0.500. The lowest BCUT2D eigenvalue weighted by Crippen LogP contribution is -2.38. The molecular formula is C16H24N2O5S. The molecule has 24 heavy (non-hydrogen) atoms. The van der Waals surface area contributed by atoms with Crippen molar-refractivity contribution in [3.05, 3.63) is 29.8 Å². The molecular weight excluding hydrogens is 332 g/mol. The van der Waals surface area contributed by atoms with Gasteiger partial charge in [-0.25, -0.2) is 8.42 Å². The number of hydrogen-bond donors (Lipinski definition) is 2. The van der Waals surface area contributed by atoms with E-state index in [9.17, 15) is 18.0 Å². The zero-order chi connectivity index (χ0) is 18.5. The van der Waals surface area contributed by atoms with Crippen LogP contribution in [0.4, 0.5) is 0 Å². The van der Waals surface area contributed by atoms with Crippen molar-refractivity contribution in [2.75, 3.05) is 19.6 Å². The van der Waals surface area contributed by atoms with E-state index in [1.165, 1.54) is 42.4 Å². The van der Waals surface area contributed by atoms with Crippen molar-refractivity contribution < 1.29 is 23.1 Å². The van der Waals surface area contributed by atoms with Crippen LogP contribution in [0.3, 0.4) is 0 Å². The lowest BCUT2D eigenvalue weighted by Gasteiger charge is -2.20. The largest absolute Gasteiger partial charge is 0.481 e. The van der Waals surface area contributed by atoms with Crippen molar-refractivity contribution in [3.8, 4) is 0 Å². The highest BCUT2D eigenvalue weighted by Gasteiger charge is 2.28. The lowest BCUT2D eigenvalue weighted by molar-refractivity contribution is -0.146. The normalized spacial score (nSPS) is 12.2. The van der Waals surface area contributed by atoms with Crippen molar-refractivity contribution in [2.45, 2.75) is 32.6 Å². The molecule has 0 saturated carbocycles. The summed E-state index contributed by atoms with van der Waals surface area (Å²) in [5, 5.41) is 11.6. The highest BCUT2D eigenvalue weighted by Crippen LogP contribution is 2.17. The van der Waals surface area contributed by atoms with Crippen LogP contribution >= 0.6 is 0 Å². The Morgan fingerprint density at radius 2 is 1.62 bits per heavy atom. The molecule has 7 nitrogen and oxygen atoms in total. The minimum atomic E-state index is -3.57. The van der Waals surface area contributed by atoms with Gasteiger partial charge in [0.15, 0.2) is 0 Å². The molecule has 2 N–H and O–H groups in total. The molecule has 0 heterocycles. The summed E-state index contributed by atoms with van der Waals surface area (Å²) in [6.07, 6.45) is 0. The number of aliphatic carboxylic acids is 1. The first-order valence-corrected chi connectivity index (χ1v) is 9.12. The average Bonchev–Trinajstić information content (AvgIpc) is 2.53. The zero-order valence-corrected chi connectivity index (χ0v) is 15.2. The van der Waals surface area contributed by atoms with Crippen LogP contribution in [0.1, 0.15) is 38.1 Å². The van der Waals surface area contributed by atoms with Crippen molar-refractivity contribution in [1.29, 1.82) is 0 Å². The number of sulfonamides is 1. The monoisotopic (exact) mass is 356 g/mol. The molecule has 0 saturated heterocycles. The number of carboxylic acid groups (broad SMARTS) is 1. The number of amides is 1. The molecule has 0 atom stereocenters. The fourth-order valence-corrected chi connectivity index (χ4v) is 3.43. The third-order valence-corrected chi connectivity index (χ3v) is 5.79. The highest BCUT2D eigenvalue weighted by atomic mass is 32.2. The minimum absolute atomic E-state index is 0.0271. The van der Waals surface area contributed by atoms with E-state index in [1.54, 1.807) is 13.8 Å². The summed E-state index contributed by atoms with van der Waals surface area (Å²) in [4.78, 5) is 23.2. The van der Waals surface area contributed by atoms with Crippen LogP contribution in [0.25, 0.3) is 0 Å². The van der Waals surface area contributed by atoms with E-state index in [2.05, 4.69) is 5.32 Å². The Bertz CT molecular complexity index is 692. The predicted molar refractivity (Wildman–Crippen MR) is 90.3 cm³/mol. The van der Waals surface area contributed by atoms with Gasteiger partial charge in [-0.2, -0.15) is 4.31 Å². The van der Waals surface area contributed by atoms with Crippen LogP contribution < -0.4 is 5.32 Å². The number of hydrogen-bond acceptors (Lipinski definition) is 4. The molecule has 8 heteroatoms. The van der Waals surface area contributed by atoms with Gasteiger partial charge in [0, 0.05) is 25.2 Å².